The van der Waals surface area contributed by atoms with Crippen molar-refractivity contribution in [1.29, 1.82) is 0 Å². The van der Waals surface area contributed by atoms with Crippen LogP contribution in [0.5, 0.6) is 0 Å². The Hall–Kier alpha value is -2.49. The summed E-state index contributed by atoms with van der Waals surface area (Å²) in [6.45, 7) is 6.76. The average molecular weight is 335 g/mol. The second-order valence-electron chi connectivity index (χ2n) is 7.23. The molecule has 25 heavy (non-hydrogen) atoms. The Labute approximate surface area is 149 Å². The van der Waals surface area contributed by atoms with E-state index in [-0.39, 0.29) is 6.03 Å². The van der Waals surface area contributed by atoms with E-state index in [9.17, 15) is 4.79 Å². The molecule has 4 rings (SSSR count). The second-order valence-corrected chi connectivity index (χ2v) is 7.23. The van der Waals surface area contributed by atoms with Gasteiger partial charge in [0.25, 0.3) is 0 Å². The molecule has 2 aliphatic rings. The third kappa shape index (κ3) is 3.09. The predicted octanol–water partition coefficient (Wildman–Crippen LogP) is 3.97. The fourth-order valence-electron chi connectivity index (χ4n) is 3.83. The number of urea groups is 1. The van der Waals surface area contributed by atoms with Gasteiger partial charge in [-0.1, -0.05) is 30.3 Å². The lowest BCUT2D eigenvalue weighted by Gasteiger charge is -2.48. The Morgan fingerprint density at radius 2 is 1.92 bits per heavy atom. The van der Waals surface area contributed by atoms with Gasteiger partial charge in [0.05, 0.1) is 6.04 Å². The number of likely N-dealkylation sites (tertiary alicyclic amines) is 1. The summed E-state index contributed by atoms with van der Waals surface area (Å²) in [7, 11) is 0. The summed E-state index contributed by atoms with van der Waals surface area (Å²) in [5, 5.41) is 3.06. The van der Waals surface area contributed by atoms with Gasteiger partial charge in [-0.3, -0.25) is 0 Å². The molecule has 1 fully saturated rings. The first kappa shape index (κ1) is 16.0. The molecule has 0 spiro atoms. The number of carbonyl (C=O) groups excluding carboxylic acids is 1. The highest BCUT2D eigenvalue weighted by Crippen LogP contribution is 2.31. The van der Waals surface area contributed by atoms with Crippen LogP contribution in [0.15, 0.2) is 42.5 Å². The van der Waals surface area contributed by atoms with Crippen molar-refractivity contribution in [2.75, 3.05) is 29.9 Å². The molecule has 0 bridgehead atoms. The SMILES string of the molecule is Cc1ccc(C)c(NC(=O)N2CC(N3CCCc4ccccc43)C2)c1. The molecule has 2 aromatic carbocycles. The lowest BCUT2D eigenvalue weighted by molar-refractivity contribution is 0.160. The molecule has 0 saturated carbocycles. The largest absolute Gasteiger partial charge is 0.365 e. The number of nitrogens with zero attached hydrogens (tertiary/aromatic N) is 2. The zero-order valence-electron chi connectivity index (χ0n) is 15.0. The Kier molecular flexibility index (Phi) is 4.12. The van der Waals surface area contributed by atoms with Crippen molar-refractivity contribution in [2.24, 2.45) is 0 Å². The number of fused-ring (bicyclic) bond motifs is 1. The van der Waals surface area contributed by atoms with E-state index in [0.717, 1.165) is 42.9 Å². The number of benzene rings is 2. The van der Waals surface area contributed by atoms with Gasteiger partial charge in [-0.15, -0.1) is 0 Å². The molecule has 130 valence electrons. The van der Waals surface area contributed by atoms with Gasteiger partial charge in [-0.25, -0.2) is 4.79 Å². The first-order chi connectivity index (χ1) is 12.1. The summed E-state index contributed by atoms with van der Waals surface area (Å²) in [5.41, 5.74) is 5.96. The third-order valence-electron chi connectivity index (χ3n) is 5.37. The van der Waals surface area contributed by atoms with Crippen LogP contribution < -0.4 is 10.2 Å². The molecule has 2 aliphatic heterocycles. The summed E-state index contributed by atoms with van der Waals surface area (Å²) in [4.78, 5) is 16.9. The maximum atomic E-state index is 12.5. The number of hydrogen-bond acceptors (Lipinski definition) is 2. The standard InChI is InChI=1S/C21H25N3O/c1-15-9-10-16(2)19(12-15)22-21(25)23-13-18(14-23)24-11-5-7-17-6-3-4-8-20(17)24/h3-4,6,8-10,12,18H,5,7,11,13-14H2,1-2H3,(H,22,25). The maximum Gasteiger partial charge on any atom is 0.321 e. The van der Waals surface area contributed by atoms with Crippen LogP contribution in [0.2, 0.25) is 0 Å². The van der Waals surface area contributed by atoms with Gasteiger partial charge in [-0.05, 0) is 55.5 Å². The third-order valence-corrected chi connectivity index (χ3v) is 5.37. The molecule has 0 aromatic heterocycles. The number of carbonyl (C=O) groups is 1. The van der Waals surface area contributed by atoms with Crippen LogP contribution in [0.1, 0.15) is 23.1 Å². The van der Waals surface area contributed by atoms with E-state index in [2.05, 4.69) is 46.6 Å². The van der Waals surface area contributed by atoms with Gasteiger partial charge in [0.2, 0.25) is 0 Å². The molecular weight excluding hydrogens is 310 g/mol. The smallest absolute Gasteiger partial charge is 0.321 e. The number of anilines is 2. The van der Waals surface area contributed by atoms with Crippen molar-refractivity contribution in [3.8, 4) is 0 Å². The molecule has 1 saturated heterocycles. The van der Waals surface area contributed by atoms with E-state index in [1.165, 1.54) is 17.7 Å². The van der Waals surface area contributed by atoms with Gasteiger partial charge in [0.15, 0.2) is 0 Å². The number of hydrogen-bond donors (Lipinski definition) is 1. The van der Waals surface area contributed by atoms with Crippen LogP contribution in [-0.4, -0.2) is 36.6 Å². The molecule has 4 nitrogen and oxygen atoms in total. The molecule has 4 heteroatoms. The minimum atomic E-state index is 0.00949. The molecular formula is C21H25N3O. The minimum absolute atomic E-state index is 0.00949. The van der Waals surface area contributed by atoms with E-state index in [4.69, 9.17) is 0 Å². The predicted molar refractivity (Wildman–Crippen MR) is 102 cm³/mol. The minimum Gasteiger partial charge on any atom is -0.365 e. The molecule has 0 radical (unpaired) electrons. The number of aryl methyl sites for hydroxylation is 3. The summed E-state index contributed by atoms with van der Waals surface area (Å²) in [5.74, 6) is 0. The van der Waals surface area contributed by atoms with Crippen molar-refractivity contribution in [3.63, 3.8) is 0 Å². The molecule has 0 atom stereocenters. The normalized spacial score (nSPS) is 17.0. The number of para-hydroxylation sites is 1. The highest BCUT2D eigenvalue weighted by molar-refractivity contribution is 5.91. The highest BCUT2D eigenvalue weighted by Gasteiger charge is 2.36. The molecule has 0 unspecified atom stereocenters. The quantitative estimate of drug-likeness (QED) is 0.901. The number of nitrogens with one attached hydrogen (secondary N) is 1. The lowest BCUT2D eigenvalue weighted by Crippen LogP contribution is -2.62. The molecule has 0 aliphatic carbocycles. The van der Waals surface area contributed by atoms with Crippen LogP contribution in [0.3, 0.4) is 0 Å². The van der Waals surface area contributed by atoms with Crippen molar-refractivity contribution in [2.45, 2.75) is 32.7 Å². The molecule has 2 heterocycles. The Morgan fingerprint density at radius 1 is 1.12 bits per heavy atom. The summed E-state index contributed by atoms with van der Waals surface area (Å²) >= 11 is 0. The molecule has 1 N–H and O–H groups in total. The van der Waals surface area contributed by atoms with Crippen molar-refractivity contribution in [1.82, 2.24) is 4.90 Å². The average Bonchev–Trinajstić information content (AvgIpc) is 2.57. The number of amides is 2. The summed E-state index contributed by atoms with van der Waals surface area (Å²) < 4.78 is 0. The summed E-state index contributed by atoms with van der Waals surface area (Å²) in [6.07, 6.45) is 2.36. The van der Waals surface area contributed by atoms with Gasteiger partial charge in [0, 0.05) is 31.0 Å². The van der Waals surface area contributed by atoms with Gasteiger partial charge in [0.1, 0.15) is 0 Å². The van der Waals surface area contributed by atoms with Crippen LogP contribution in [0.25, 0.3) is 0 Å². The fourth-order valence-corrected chi connectivity index (χ4v) is 3.83. The maximum absolute atomic E-state index is 12.5. The zero-order valence-corrected chi connectivity index (χ0v) is 15.0. The fraction of sp³-hybridized carbons (Fsp3) is 0.381. The summed E-state index contributed by atoms with van der Waals surface area (Å²) in [6, 6.07) is 15.3. The highest BCUT2D eigenvalue weighted by atomic mass is 16.2. The molecule has 2 amide bonds. The Bertz CT molecular complexity index is 795. The van der Waals surface area contributed by atoms with Crippen LogP contribution in [0.4, 0.5) is 16.2 Å². The molecule has 2 aromatic rings. The van der Waals surface area contributed by atoms with E-state index in [1.807, 2.05) is 24.8 Å². The van der Waals surface area contributed by atoms with Crippen molar-refractivity contribution >= 4 is 17.4 Å². The van der Waals surface area contributed by atoms with E-state index in [0.29, 0.717) is 6.04 Å². The van der Waals surface area contributed by atoms with Crippen LogP contribution >= 0.6 is 0 Å². The van der Waals surface area contributed by atoms with Crippen LogP contribution in [-0.2, 0) is 6.42 Å². The van der Waals surface area contributed by atoms with E-state index >= 15 is 0 Å². The second kappa shape index (κ2) is 6.43. The van der Waals surface area contributed by atoms with Crippen molar-refractivity contribution in [3.05, 3.63) is 59.2 Å². The topological polar surface area (TPSA) is 35.6 Å². The van der Waals surface area contributed by atoms with E-state index in [1.54, 1.807) is 0 Å². The number of rotatable bonds is 2. The van der Waals surface area contributed by atoms with Crippen LogP contribution in [0, 0.1) is 13.8 Å². The monoisotopic (exact) mass is 335 g/mol. The van der Waals surface area contributed by atoms with Gasteiger partial charge in [-0.2, -0.15) is 0 Å². The lowest BCUT2D eigenvalue weighted by atomic mass is 9.97. The van der Waals surface area contributed by atoms with E-state index < -0.39 is 0 Å². The van der Waals surface area contributed by atoms with Gasteiger partial charge < -0.3 is 15.1 Å². The van der Waals surface area contributed by atoms with Gasteiger partial charge >= 0.3 is 6.03 Å². The zero-order chi connectivity index (χ0) is 17.4. The Balaban J connectivity index is 1.39. The first-order valence-corrected chi connectivity index (χ1v) is 9.09. The first-order valence-electron chi connectivity index (χ1n) is 9.09. The Morgan fingerprint density at radius 3 is 2.76 bits per heavy atom. The van der Waals surface area contributed by atoms with Crippen molar-refractivity contribution < 1.29 is 4.79 Å².